The van der Waals surface area contributed by atoms with Crippen LogP contribution in [0, 0.1) is 0 Å². The molecule has 0 aliphatic carbocycles. The first-order valence-corrected chi connectivity index (χ1v) is 13.4. The van der Waals surface area contributed by atoms with Gasteiger partial charge in [0, 0.05) is 31.9 Å². The van der Waals surface area contributed by atoms with Crippen LogP contribution in [0.15, 0.2) is 76.2 Å². The third kappa shape index (κ3) is 6.71. The highest BCUT2D eigenvalue weighted by atomic mass is 35.5. The second kappa shape index (κ2) is 12.1. The van der Waals surface area contributed by atoms with Crippen molar-refractivity contribution in [2.24, 2.45) is 0 Å². The Morgan fingerprint density at radius 3 is 2.39 bits per heavy atom. The Hall–Kier alpha value is -3.87. The van der Waals surface area contributed by atoms with Gasteiger partial charge in [-0.25, -0.2) is 18.0 Å². The van der Waals surface area contributed by atoms with Crippen molar-refractivity contribution in [3.05, 3.63) is 83.3 Å². The molecule has 11 nitrogen and oxygen atoms in total. The van der Waals surface area contributed by atoms with Gasteiger partial charge in [0.15, 0.2) is 6.61 Å². The highest BCUT2D eigenvalue weighted by Gasteiger charge is 2.30. The van der Waals surface area contributed by atoms with Crippen LogP contribution >= 0.6 is 11.6 Å². The molecule has 0 bridgehead atoms. The first kappa shape index (κ1) is 27.2. The molecule has 38 heavy (non-hydrogen) atoms. The number of hydrogen-bond donors (Lipinski definition) is 2. The highest BCUT2D eigenvalue weighted by Crippen LogP contribution is 2.25. The minimum Gasteiger partial charge on any atom is -0.467 e. The van der Waals surface area contributed by atoms with E-state index >= 15 is 0 Å². The molecule has 1 fully saturated rings. The summed E-state index contributed by atoms with van der Waals surface area (Å²) in [6, 6.07) is 15.9. The minimum atomic E-state index is -3.91. The maximum atomic E-state index is 13.2. The molecule has 13 heteroatoms. The van der Waals surface area contributed by atoms with Crippen LogP contribution in [-0.2, 0) is 26.1 Å². The fourth-order valence-electron chi connectivity index (χ4n) is 3.79. The van der Waals surface area contributed by atoms with Crippen molar-refractivity contribution >= 4 is 45.2 Å². The largest absolute Gasteiger partial charge is 0.467 e. The Balaban J connectivity index is 1.33. The molecule has 3 amide bonds. The number of nitrogens with zero attached hydrogens (tertiary/aromatic N) is 2. The number of carbonyl (C=O) groups is 3. The van der Waals surface area contributed by atoms with Gasteiger partial charge in [-0.05, 0) is 42.5 Å². The van der Waals surface area contributed by atoms with Crippen LogP contribution in [0.3, 0.4) is 0 Å². The lowest BCUT2D eigenvalue weighted by Crippen LogP contribution is -2.48. The van der Waals surface area contributed by atoms with Crippen LogP contribution in [0.25, 0.3) is 0 Å². The fourth-order valence-corrected chi connectivity index (χ4v) is 5.44. The molecule has 1 aliphatic heterocycles. The Labute approximate surface area is 224 Å². The second-order valence-corrected chi connectivity index (χ2v) is 10.6. The van der Waals surface area contributed by atoms with E-state index in [1.807, 2.05) is 35.6 Å². The molecule has 4 rings (SSSR count). The Morgan fingerprint density at radius 1 is 0.974 bits per heavy atom. The number of furan rings is 1. The van der Waals surface area contributed by atoms with Gasteiger partial charge in [-0.15, -0.1) is 0 Å². The molecule has 200 valence electrons. The SMILES string of the molecule is O=C(COC(=O)c1cc(S(=O)(=O)N2CCN(c3ccccc3)CC2)ccc1Cl)NC(=O)NCc1ccco1. The van der Waals surface area contributed by atoms with Crippen molar-refractivity contribution in [3.8, 4) is 0 Å². The smallest absolute Gasteiger partial charge is 0.340 e. The van der Waals surface area contributed by atoms with E-state index in [1.165, 1.54) is 22.7 Å². The van der Waals surface area contributed by atoms with E-state index in [1.54, 1.807) is 12.1 Å². The van der Waals surface area contributed by atoms with Crippen LogP contribution in [0.5, 0.6) is 0 Å². The van der Waals surface area contributed by atoms with E-state index in [0.29, 0.717) is 18.8 Å². The van der Waals surface area contributed by atoms with E-state index in [2.05, 4.69) is 10.2 Å². The number of carbonyl (C=O) groups excluding carboxylic acids is 3. The summed E-state index contributed by atoms with van der Waals surface area (Å²) in [6.45, 7) is 0.835. The maximum Gasteiger partial charge on any atom is 0.340 e. The van der Waals surface area contributed by atoms with Crippen LogP contribution in [0.1, 0.15) is 16.1 Å². The Morgan fingerprint density at radius 2 is 1.71 bits per heavy atom. The molecule has 1 saturated heterocycles. The number of esters is 1. The van der Waals surface area contributed by atoms with Gasteiger partial charge < -0.3 is 19.4 Å². The lowest BCUT2D eigenvalue weighted by molar-refractivity contribution is -0.123. The predicted octanol–water partition coefficient (Wildman–Crippen LogP) is 2.63. The van der Waals surface area contributed by atoms with Gasteiger partial charge in [0.2, 0.25) is 10.0 Å². The van der Waals surface area contributed by atoms with Gasteiger partial charge in [0.05, 0.1) is 28.3 Å². The van der Waals surface area contributed by atoms with Crippen molar-refractivity contribution in [2.75, 3.05) is 37.7 Å². The molecule has 2 aromatic carbocycles. The van der Waals surface area contributed by atoms with E-state index in [4.69, 9.17) is 20.8 Å². The van der Waals surface area contributed by atoms with Crippen molar-refractivity contribution in [3.63, 3.8) is 0 Å². The Kier molecular flexibility index (Phi) is 8.66. The Bertz CT molecular complexity index is 1390. The number of rotatable bonds is 8. The van der Waals surface area contributed by atoms with Gasteiger partial charge in [-0.1, -0.05) is 29.8 Å². The minimum absolute atomic E-state index is 0.0422. The molecule has 0 spiro atoms. The van der Waals surface area contributed by atoms with Crippen LogP contribution in [-0.4, -0.2) is 63.4 Å². The summed E-state index contributed by atoms with van der Waals surface area (Å²) < 4.78 is 37.9. The molecule has 1 aliphatic rings. The number of amides is 3. The number of anilines is 1. The lowest BCUT2D eigenvalue weighted by atomic mass is 10.2. The zero-order valence-electron chi connectivity index (χ0n) is 20.1. The fraction of sp³-hybridized carbons (Fsp3) is 0.240. The molecule has 0 radical (unpaired) electrons. The topological polar surface area (TPSA) is 138 Å². The number of piperazine rings is 1. The van der Waals surface area contributed by atoms with Gasteiger partial charge >= 0.3 is 12.0 Å². The standard InChI is InChI=1S/C25H25ClN4O7S/c26-22-9-8-20(38(34,35)30-12-10-29(11-13-30)18-5-2-1-3-6-18)15-21(22)24(32)37-17-23(31)28-25(33)27-16-19-7-4-14-36-19/h1-9,14-15H,10-13,16-17H2,(H2,27,28,31,33). The zero-order valence-corrected chi connectivity index (χ0v) is 21.7. The maximum absolute atomic E-state index is 13.2. The summed E-state index contributed by atoms with van der Waals surface area (Å²) in [5, 5.41) is 4.38. The van der Waals surface area contributed by atoms with Crippen LogP contribution < -0.4 is 15.5 Å². The summed E-state index contributed by atoms with van der Waals surface area (Å²) in [6.07, 6.45) is 1.44. The monoisotopic (exact) mass is 560 g/mol. The molecular formula is C25H25ClN4O7S. The zero-order chi connectivity index (χ0) is 27.1. The van der Waals surface area contributed by atoms with Gasteiger partial charge in [0.25, 0.3) is 5.91 Å². The van der Waals surface area contributed by atoms with E-state index < -0.39 is 34.5 Å². The highest BCUT2D eigenvalue weighted by molar-refractivity contribution is 7.89. The van der Waals surface area contributed by atoms with Crippen LogP contribution in [0.4, 0.5) is 10.5 Å². The molecule has 2 N–H and O–H groups in total. The van der Waals surface area contributed by atoms with E-state index in [-0.39, 0.29) is 35.1 Å². The van der Waals surface area contributed by atoms with E-state index in [9.17, 15) is 22.8 Å². The van der Waals surface area contributed by atoms with Crippen molar-refractivity contribution in [2.45, 2.75) is 11.4 Å². The van der Waals surface area contributed by atoms with E-state index in [0.717, 1.165) is 11.8 Å². The molecule has 0 saturated carbocycles. The number of halogens is 1. The average molecular weight is 561 g/mol. The predicted molar refractivity (Wildman–Crippen MR) is 138 cm³/mol. The van der Waals surface area contributed by atoms with Gasteiger partial charge in [-0.2, -0.15) is 4.31 Å². The van der Waals surface area contributed by atoms with Crippen molar-refractivity contribution in [1.29, 1.82) is 0 Å². The normalized spacial score (nSPS) is 14.1. The number of urea groups is 1. The van der Waals surface area contributed by atoms with Crippen molar-refractivity contribution in [1.82, 2.24) is 14.9 Å². The number of benzene rings is 2. The summed E-state index contributed by atoms with van der Waals surface area (Å²) in [4.78, 5) is 38.3. The number of ether oxygens (including phenoxy) is 1. The summed E-state index contributed by atoms with van der Waals surface area (Å²) in [7, 11) is -3.91. The molecule has 3 aromatic rings. The number of imide groups is 1. The second-order valence-electron chi connectivity index (χ2n) is 8.25. The van der Waals surface area contributed by atoms with Gasteiger partial charge in [0.1, 0.15) is 5.76 Å². The molecule has 0 unspecified atom stereocenters. The van der Waals surface area contributed by atoms with Crippen molar-refractivity contribution < 1.29 is 32.0 Å². The average Bonchev–Trinajstić information content (AvgIpc) is 3.45. The van der Waals surface area contributed by atoms with Crippen LogP contribution in [0.2, 0.25) is 5.02 Å². The molecular weight excluding hydrogens is 536 g/mol. The number of para-hydroxylation sites is 1. The number of hydrogen-bond acceptors (Lipinski definition) is 8. The van der Waals surface area contributed by atoms with Gasteiger partial charge in [-0.3, -0.25) is 10.1 Å². The number of nitrogens with one attached hydrogen (secondary N) is 2. The third-order valence-corrected chi connectivity index (χ3v) is 7.97. The quantitative estimate of drug-likeness (QED) is 0.401. The molecule has 2 heterocycles. The summed E-state index contributed by atoms with van der Waals surface area (Å²) >= 11 is 6.11. The summed E-state index contributed by atoms with van der Waals surface area (Å²) in [5.41, 5.74) is 0.797. The molecule has 0 atom stereocenters. The first-order valence-electron chi connectivity index (χ1n) is 11.6. The third-order valence-electron chi connectivity index (χ3n) is 5.75. The number of sulfonamides is 1. The molecule has 1 aromatic heterocycles. The summed E-state index contributed by atoms with van der Waals surface area (Å²) in [5.74, 6) is -1.40. The first-order chi connectivity index (χ1) is 18.2. The lowest BCUT2D eigenvalue weighted by Gasteiger charge is -2.35.